The fraction of sp³-hybridized carbons (Fsp3) is 0.800. The van der Waals surface area contributed by atoms with Crippen molar-refractivity contribution >= 4 is 11.9 Å². The van der Waals surface area contributed by atoms with E-state index in [9.17, 15) is 9.59 Å². The van der Waals surface area contributed by atoms with Crippen LogP contribution < -0.4 is 0 Å². The van der Waals surface area contributed by atoms with E-state index in [0.717, 1.165) is 19.3 Å². The third-order valence-corrected chi connectivity index (χ3v) is 2.71. The van der Waals surface area contributed by atoms with E-state index in [-0.39, 0.29) is 18.2 Å². The van der Waals surface area contributed by atoms with Gasteiger partial charge >= 0.3 is 5.97 Å². The molecule has 0 atom stereocenters. The van der Waals surface area contributed by atoms with Crippen LogP contribution in [0.15, 0.2) is 0 Å². The average Bonchev–Trinajstić information content (AvgIpc) is 2.00. The van der Waals surface area contributed by atoms with E-state index in [1.807, 2.05) is 0 Å². The zero-order valence-corrected chi connectivity index (χ0v) is 8.53. The summed E-state index contributed by atoms with van der Waals surface area (Å²) < 4.78 is 0. The largest absolute Gasteiger partial charge is 0.481 e. The van der Waals surface area contributed by atoms with Crippen LogP contribution >= 0.6 is 0 Å². The number of hydrogen-bond donors (Lipinski definition) is 1. The Morgan fingerprint density at radius 3 is 2.50 bits per heavy atom. The second-order valence-corrected chi connectivity index (χ2v) is 3.88. The Morgan fingerprint density at radius 1 is 1.43 bits per heavy atom. The molecule has 4 heteroatoms. The molecule has 0 bridgehead atoms. The lowest BCUT2D eigenvalue weighted by Gasteiger charge is -2.29. The van der Waals surface area contributed by atoms with Crippen LogP contribution in [0.3, 0.4) is 0 Å². The fourth-order valence-electron chi connectivity index (χ4n) is 1.54. The highest BCUT2D eigenvalue weighted by Gasteiger charge is 2.27. The molecule has 0 aromatic heterocycles. The Labute approximate surface area is 83.9 Å². The van der Waals surface area contributed by atoms with Crippen LogP contribution in [-0.4, -0.2) is 35.5 Å². The highest BCUT2D eigenvalue weighted by atomic mass is 16.4. The summed E-state index contributed by atoms with van der Waals surface area (Å²) in [5.41, 5.74) is 0. The number of amides is 1. The van der Waals surface area contributed by atoms with Gasteiger partial charge in [-0.05, 0) is 19.3 Å². The van der Waals surface area contributed by atoms with E-state index in [1.165, 1.54) is 0 Å². The van der Waals surface area contributed by atoms with E-state index >= 15 is 0 Å². The lowest BCUT2D eigenvalue weighted by atomic mass is 9.84. The predicted octanol–water partition coefficient (Wildman–Crippen LogP) is 1.11. The van der Waals surface area contributed by atoms with Crippen molar-refractivity contribution in [2.75, 3.05) is 13.6 Å². The van der Waals surface area contributed by atoms with Crippen molar-refractivity contribution in [3.05, 3.63) is 0 Å². The number of carbonyl (C=O) groups excluding carboxylic acids is 1. The Balaban J connectivity index is 2.16. The molecular formula is C10H17NO3. The minimum atomic E-state index is -0.797. The molecule has 0 spiro atoms. The molecule has 0 aromatic carbocycles. The molecule has 0 aliphatic heterocycles. The van der Waals surface area contributed by atoms with Gasteiger partial charge in [-0.15, -0.1) is 0 Å². The molecule has 0 unspecified atom stereocenters. The lowest BCUT2D eigenvalue weighted by Crippen LogP contribution is -2.36. The first-order valence-electron chi connectivity index (χ1n) is 5.08. The van der Waals surface area contributed by atoms with Crippen LogP contribution in [0.1, 0.15) is 32.1 Å². The molecule has 1 saturated carbocycles. The quantitative estimate of drug-likeness (QED) is 0.721. The van der Waals surface area contributed by atoms with Gasteiger partial charge in [0.1, 0.15) is 0 Å². The van der Waals surface area contributed by atoms with E-state index in [0.29, 0.717) is 13.0 Å². The molecule has 0 aromatic rings. The van der Waals surface area contributed by atoms with Gasteiger partial charge in [-0.25, -0.2) is 0 Å². The van der Waals surface area contributed by atoms with Gasteiger partial charge in [0.2, 0.25) is 5.91 Å². The summed E-state index contributed by atoms with van der Waals surface area (Å²) in [6.07, 6.45) is 3.84. The number of rotatable bonds is 5. The average molecular weight is 199 g/mol. The van der Waals surface area contributed by atoms with Gasteiger partial charge in [-0.3, -0.25) is 9.59 Å². The maximum Gasteiger partial charge on any atom is 0.303 e. The van der Waals surface area contributed by atoms with Gasteiger partial charge in [0.15, 0.2) is 0 Å². The number of carbonyl (C=O) groups is 2. The summed E-state index contributed by atoms with van der Waals surface area (Å²) >= 11 is 0. The molecule has 1 amide bonds. The Morgan fingerprint density at radius 2 is 2.07 bits per heavy atom. The molecule has 1 aliphatic carbocycles. The lowest BCUT2D eigenvalue weighted by molar-refractivity contribution is -0.139. The van der Waals surface area contributed by atoms with E-state index in [4.69, 9.17) is 5.11 Å². The maximum atomic E-state index is 11.6. The monoisotopic (exact) mass is 199 g/mol. The van der Waals surface area contributed by atoms with Gasteiger partial charge in [-0.1, -0.05) is 6.42 Å². The minimum Gasteiger partial charge on any atom is -0.481 e. The van der Waals surface area contributed by atoms with E-state index < -0.39 is 5.97 Å². The topological polar surface area (TPSA) is 57.6 Å². The number of carboxylic acids is 1. The normalized spacial score (nSPS) is 16.1. The first kappa shape index (κ1) is 11.0. The molecule has 0 heterocycles. The van der Waals surface area contributed by atoms with Crippen LogP contribution in [0.25, 0.3) is 0 Å². The molecule has 1 aliphatic rings. The summed E-state index contributed by atoms with van der Waals surface area (Å²) in [5.74, 6) is -0.402. The van der Waals surface area contributed by atoms with Gasteiger partial charge in [0.25, 0.3) is 0 Å². The summed E-state index contributed by atoms with van der Waals surface area (Å²) in [5, 5.41) is 8.43. The predicted molar refractivity (Wildman–Crippen MR) is 51.8 cm³/mol. The molecule has 14 heavy (non-hydrogen) atoms. The summed E-state index contributed by atoms with van der Waals surface area (Å²) in [6, 6.07) is 0. The van der Waals surface area contributed by atoms with Gasteiger partial charge in [0.05, 0.1) is 0 Å². The standard InChI is InChI=1S/C10H17NO3/c1-11(7-3-6-9(12)13)10(14)8-4-2-5-8/h8H,2-7H2,1H3,(H,12,13). The molecule has 80 valence electrons. The Hall–Kier alpha value is -1.06. The van der Waals surface area contributed by atoms with E-state index in [2.05, 4.69) is 0 Å². The van der Waals surface area contributed by atoms with Crippen molar-refractivity contribution < 1.29 is 14.7 Å². The van der Waals surface area contributed by atoms with Crippen molar-refractivity contribution in [3.8, 4) is 0 Å². The summed E-state index contributed by atoms with van der Waals surface area (Å²) in [7, 11) is 1.75. The number of carboxylic acid groups (broad SMARTS) is 1. The number of nitrogens with zero attached hydrogens (tertiary/aromatic N) is 1. The zero-order chi connectivity index (χ0) is 10.6. The van der Waals surface area contributed by atoms with E-state index in [1.54, 1.807) is 11.9 Å². The summed E-state index contributed by atoms with van der Waals surface area (Å²) in [4.78, 5) is 23.5. The second-order valence-electron chi connectivity index (χ2n) is 3.88. The van der Waals surface area contributed by atoms with Crippen LogP contribution in [0.4, 0.5) is 0 Å². The molecule has 0 saturated heterocycles. The highest BCUT2D eigenvalue weighted by Crippen LogP contribution is 2.27. The molecule has 1 rings (SSSR count). The molecular weight excluding hydrogens is 182 g/mol. The third kappa shape index (κ3) is 3.01. The second kappa shape index (κ2) is 4.98. The number of aliphatic carboxylic acids is 1. The zero-order valence-electron chi connectivity index (χ0n) is 8.53. The van der Waals surface area contributed by atoms with Crippen molar-refractivity contribution in [3.63, 3.8) is 0 Å². The first-order chi connectivity index (χ1) is 6.61. The Bertz CT molecular complexity index is 223. The maximum absolute atomic E-state index is 11.6. The van der Waals surface area contributed by atoms with Gasteiger partial charge < -0.3 is 10.0 Å². The van der Waals surface area contributed by atoms with Crippen molar-refractivity contribution in [2.45, 2.75) is 32.1 Å². The summed E-state index contributed by atoms with van der Waals surface area (Å²) in [6.45, 7) is 0.557. The van der Waals surface area contributed by atoms with Crippen LogP contribution in [0.5, 0.6) is 0 Å². The van der Waals surface area contributed by atoms with Crippen LogP contribution in [0.2, 0.25) is 0 Å². The van der Waals surface area contributed by atoms with Crippen LogP contribution in [0, 0.1) is 5.92 Å². The van der Waals surface area contributed by atoms with Gasteiger partial charge in [-0.2, -0.15) is 0 Å². The molecule has 1 N–H and O–H groups in total. The Kier molecular flexibility index (Phi) is 3.92. The minimum absolute atomic E-state index is 0.141. The van der Waals surface area contributed by atoms with Crippen molar-refractivity contribution in [1.82, 2.24) is 4.90 Å². The first-order valence-corrected chi connectivity index (χ1v) is 5.08. The molecule has 4 nitrogen and oxygen atoms in total. The van der Waals surface area contributed by atoms with Crippen molar-refractivity contribution in [2.24, 2.45) is 5.92 Å². The SMILES string of the molecule is CN(CCCC(=O)O)C(=O)C1CCC1. The van der Waals surface area contributed by atoms with Crippen molar-refractivity contribution in [1.29, 1.82) is 0 Å². The number of hydrogen-bond acceptors (Lipinski definition) is 2. The molecule has 1 fully saturated rings. The smallest absolute Gasteiger partial charge is 0.303 e. The fourth-order valence-corrected chi connectivity index (χ4v) is 1.54. The van der Waals surface area contributed by atoms with Crippen LogP contribution in [-0.2, 0) is 9.59 Å². The third-order valence-electron chi connectivity index (χ3n) is 2.71. The highest BCUT2D eigenvalue weighted by molar-refractivity contribution is 5.79. The molecule has 0 radical (unpaired) electrons. The van der Waals surface area contributed by atoms with Gasteiger partial charge in [0, 0.05) is 25.9 Å².